The van der Waals surface area contributed by atoms with Gasteiger partial charge in [0.2, 0.25) is 0 Å². The van der Waals surface area contributed by atoms with Crippen molar-refractivity contribution in [2.24, 2.45) is 0 Å². The lowest BCUT2D eigenvalue weighted by Crippen LogP contribution is -2.10. The van der Waals surface area contributed by atoms with E-state index in [9.17, 15) is 0 Å². The first kappa shape index (κ1) is 10.9. The van der Waals surface area contributed by atoms with Crippen molar-refractivity contribution < 1.29 is 0 Å². The van der Waals surface area contributed by atoms with Gasteiger partial charge in [0.15, 0.2) is 0 Å². The summed E-state index contributed by atoms with van der Waals surface area (Å²) < 4.78 is 0. The zero-order valence-electron chi connectivity index (χ0n) is 10.3. The van der Waals surface area contributed by atoms with Gasteiger partial charge in [-0.3, -0.25) is 0 Å². The van der Waals surface area contributed by atoms with Crippen LogP contribution < -0.4 is 5.32 Å². The largest absolute Gasteiger partial charge is 0.373 e. The van der Waals surface area contributed by atoms with Crippen molar-refractivity contribution in [3.05, 3.63) is 36.0 Å². The Hall–Kier alpha value is -1.57. The van der Waals surface area contributed by atoms with Crippen LogP contribution in [0.2, 0.25) is 0 Å². The van der Waals surface area contributed by atoms with Crippen LogP contribution in [-0.4, -0.2) is 12.0 Å². The lowest BCUT2D eigenvalue weighted by atomic mass is 9.86. The molecule has 2 rings (SSSR count). The average molecular weight is 214 g/mol. The molecule has 0 saturated heterocycles. The quantitative estimate of drug-likeness (QED) is 0.785. The minimum absolute atomic E-state index is 0.192. The molecule has 0 fully saturated rings. The molecule has 1 heterocycles. The van der Waals surface area contributed by atoms with Crippen molar-refractivity contribution in [2.45, 2.75) is 26.2 Å². The van der Waals surface area contributed by atoms with E-state index < -0.39 is 0 Å². The lowest BCUT2D eigenvalue weighted by Gasteiger charge is -2.19. The maximum absolute atomic E-state index is 4.31. The van der Waals surface area contributed by atoms with Crippen LogP contribution in [0.5, 0.6) is 0 Å². The van der Waals surface area contributed by atoms with Crippen molar-refractivity contribution in [3.8, 4) is 0 Å². The SMILES string of the molecule is CNc1nccc2cc(C(C)(C)C)ccc12. The molecule has 1 aromatic heterocycles. The number of rotatable bonds is 1. The van der Waals surface area contributed by atoms with Gasteiger partial charge in [-0.15, -0.1) is 0 Å². The molecule has 0 radical (unpaired) electrons. The molecule has 2 heteroatoms. The number of hydrogen-bond donors (Lipinski definition) is 1. The number of pyridine rings is 1. The summed E-state index contributed by atoms with van der Waals surface area (Å²) >= 11 is 0. The van der Waals surface area contributed by atoms with Crippen molar-refractivity contribution in [2.75, 3.05) is 12.4 Å². The molecule has 0 atom stereocenters. The second-order valence-electron chi connectivity index (χ2n) is 5.10. The molecule has 84 valence electrons. The van der Waals surface area contributed by atoms with Gasteiger partial charge < -0.3 is 5.32 Å². The highest BCUT2D eigenvalue weighted by Gasteiger charge is 2.14. The van der Waals surface area contributed by atoms with Crippen molar-refractivity contribution in [1.29, 1.82) is 0 Å². The minimum Gasteiger partial charge on any atom is -0.373 e. The number of aromatic nitrogens is 1. The number of nitrogens with one attached hydrogen (secondary N) is 1. The van der Waals surface area contributed by atoms with E-state index in [0.717, 1.165) is 5.82 Å². The Bertz CT molecular complexity index is 510. The molecular formula is C14H18N2. The highest BCUT2D eigenvalue weighted by Crippen LogP contribution is 2.28. The first-order valence-electron chi connectivity index (χ1n) is 5.59. The van der Waals surface area contributed by atoms with E-state index in [-0.39, 0.29) is 5.41 Å². The Kier molecular flexibility index (Phi) is 2.58. The molecular weight excluding hydrogens is 196 g/mol. The Labute approximate surface area is 96.7 Å². The predicted molar refractivity (Wildman–Crippen MR) is 70.0 cm³/mol. The zero-order valence-corrected chi connectivity index (χ0v) is 10.3. The first-order chi connectivity index (χ1) is 7.52. The summed E-state index contributed by atoms with van der Waals surface area (Å²) in [5.41, 5.74) is 1.55. The maximum Gasteiger partial charge on any atom is 0.133 e. The van der Waals surface area contributed by atoms with Crippen molar-refractivity contribution >= 4 is 16.6 Å². The number of fused-ring (bicyclic) bond motifs is 1. The molecule has 0 aliphatic heterocycles. The van der Waals surface area contributed by atoms with Crippen LogP contribution >= 0.6 is 0 Å². The van der Waals surface area contributed by atoms with Crippen LogP contribution in [0.4, 0.5) is 5.82 Å². The van der Waals surface area contributed by atoms with Gasteiger partial charge in [-0.1, -0.05) is 39.0 Å². The minimum atomic E-state index is 0.192. The van der Waals surface area contributed by atoms with Gasteiger partial charge in [0.25, 0.3) is 0 Å². The molecule has 0 bridgehead atoms. The third-order valence-electron chi connectivity index (χ3n) is 2.87. The van der Waals surface area contributed by atoms with Crippen molar-refractivity contribution in [3.63, 3.8) is 0 Å². The molecule has 0 saturated carbocycles. The zero-order chi connectivity index (χ0) is 11.8. The monoisotopic (exact) mass is 214 g/mol. The molecule has 1 aromatic carbocycles. The van der Waals surface area contributed by atoms with E-state index in [1.54, 1.807) is 0 Å². The van der Waals surface area contributed by atoms with E-state index in [4.69, 9.17) is 0 Å². The highest BCUT2D eigenvalue weighted by atomic mass is 14.9. The molecule has 1 N–H and O–H groups in total. The second kappa shape index (κ2) is 3.78. The summed E-state index contributed by atoms with van der Waals surface area (Å²) in [5, 5.41) is 5.54. The Morgan fingerprint density at radius 2 is 1.88 bits per heavy atom. The summed E-state index contributed by atoms with van der Waals surface area (Å²) in [5.74, 6) is 0.943. The maximum atomic E-state index is 4.31. The smallest absolute Gasteiger partial charge is 0.133 e. The molecule has 2 aromatic rings. The van der Waals surface area contributed by atoms with Gasteiger partial charge in [0.1, 0.15) is 5.82 Å². The summed E-state index contributed by atoms with van der Waals surface area (Å²) in [6.45, 7) is 6.69. The molecule has 16 heavy (non-hydrogen) atoms. The third kappa shape index (κ3) is 1.87. The van der Waals surface area contributed by atoms with Gasteiger partial charge in [-0.05, 0) is 22.4 Å². The van der Waals surface area contributed by atoms with Crippen LogP contribution in [0.3, 0.4) is 0 Å². The first-order valence-corrected chi connectivity index (χ1v) is 5.59. The molecule has 0 aliphatic carbocycles. The standard InChI is InChI=1S/C14H18N2/c1-14(2,3)11-5-6-12-10(9-11)7-8-16-13(12)15-4/h5-9H,1-4H3,(H,15,16). The third-order valence-corrected chi connectivity index (χ3v) is 2.87. The number of nitrogens with zero attached hydrogens (tertiary/aromatic N) is 1. The summed E-state index contributed by atoms with van der Waals surface area (Å²) in [6.07, 6.45) is 1.85. The van der Waals surface area contributed by atoms with Gasteiger partial charge in [-0.2, -0.15) is 0 Å². The van der Waals surface area contributed by atoms with Crippen LogP contribution in [0, 0.1) is 0 Å². The Morgan fingerprint density at radius 3 is 2.50 bits per heavy atom. The van der Waals surface area contributed by atoms with Crippen LogP contribution in [-0.2, 0) is 5.41 Å². The number of hydrogen-bond acceptors (Lipinski definition) is 2. The van der Waals surface area contributed by atoms with Gasteiger partial charge in [0.05, 0.1) is 0 Å². The lowest BCUT2D eigenvalue weighted by molar-refractivity contribution is 0.591. The van der Waals surface area contributed by atoms with Crippen molar-refractivity contribution in [1.82, 2.24) is 4.98 Å². The Balaban J connectivity index is 2.64. The van der Waals surface area contributed by atoms with E-state index in [2.05, 4.69) is 55.3 Å². The molecule has 0 unspecified atom stereocenters. The fraction of sp³-hybridized carbons (Fsp3) is 0.357. The van der Waals surface area contributed by atoms with E-state index >= 15 is 0 Å². The number of benzene rings is 1. The van der Waals surface area contributed by atoms with Crippen LogP contribution in [0.15, 0.2) is 30.5 Å². The molecule has 0 amide bonds. The molecule has 0 aliphatic rings. The molecule has 2 nitrogen and oxygen atoms in total. The van der Waals surface area contributed by atoms with E-state index in [1.165, 1.54) is 16.3 Å². The van der Waals surface area contributed by atoms with Gasteiger partial charge in [-0.25, -0.2) is 4.98 Å². The summed E-state index contributed by atoms with van der Waals surface area (Å²) in [4.78, 5) is 4.31. The Morgan fingerprint density at radius 1 is 1.12 bits per heavy atom. The van der Waals surface area contributed by atoms with E-state index in [0.29, 0.717) is 0 Å². The number of anilines is 1. The van der Waals surface area contributed by atoms with Gasteiger partial charge in [0, 0.05) is 18.6 Å². The van der Waals surface area contributed by atoms with E-state index in [1.807, 2.05) is 13.2 Å². The summed E-state index contributed by atoms with van der Waals surface area (Å²) in [6, 6.07) is 8.64. The predicted octanol–water partition coefficient (Wildman–Crippen LogP) is 3.57. The highest BCUT2D eigenvalue weighted by molar-refractivity contribution is 5.92. The fourth-order valence-electron chi connectivity index (χ4n) is 1.84. The average Bonchev–Trinajstić information content (AvgIpc) is 2.26. The summed E-state index contributed by atoms with van der Waals surface area (Å²) in [7, 11) is 1.90. The molecule has 0 spiro atoms. The van der Waals surface area contributed by atoms with Crippen LogP contribution in [0.25, 0.3) is 10.8 Å². The fourth-order valence-corrected chi connectivity index (χ4v) is 1.84. The van der Waals surface area contributed by atoms with Gasteiger partial charge >= 0.3 is 0 Å². The second-order valence-corrected chi connectivity index (χ2v) is 5.10. The van der Waals surface area contributed by atoms with Crippen LogP contribution in [0.1, 0.15) is 26.3 Å². The normalized spacial score (nSPS) is 11.8. The topological polar surface area (TPSA) is 24.9 Å².